The maximum atomic E-state index is 13.5. The number of Topliss-reactive ketones (excluding diaryl/α,β-unsaturated/α-hetero) is 1. The Hall–Kier alpha value is -3.93. The van der Waals surface area contributed by atoms with Crippen molar-refractivity contribution in [1.82, 2.24) is 0 Å². The smallest absolute Gasteiger partial charge is 0.414 e. The van der Waals surface area contributed by atoms with Crippen LogP contribution in [0.25, 0.3) is 0 Å². The molecule has 1 atom stereocenters. The highest BCUT2D eigenvalue weighted by atomic mass is 16.6. The van der Waals surface area contributed by atoms with Crippen molar-refractivity contribution in [3.63, 3.8) is 0 Å². The Morgan fingerprint density at radius 3 is 2.12 bits per heavy atom. The Bertz CT molecular complexity index is 1210. The molecule has 3 aromatic carbocycles. The van der Waals surface area contributed by atoms with Crippen LogP contribution >= 0.6 is 0 Å². The van der Waals surface area contributed by atoms with E-state index in [9.17, 15) is 14.4 Å². The van der Waals surface area contributed by atoms with Crippen molar-refractivity contribution in [1.29, 1.82) is 0 Å². The zero-order chi connectivity index (χ0) is 22.8. The van der Waals surface area contributed by atoms with E-state index in [4.69, 9.17) is 9.47 Å². The molecule has 0 radical (unpaired) electrons. The Morgan fingerprint density at radius 2 is 1.45 bits per heavy atom. The van der Waals surface area contributed by atoms with Crippen molar-refractivity contribution >= 4 is 23.5 Å². The topological polar surface area (TPSA) is 72.9 Å². The highest BCUT2D eigenvalue weighted by molar-refractivity contribution is 6.08. The number of amides is 1. The summed E-state index contributed by atoms with van der Waals surface area (Å²) in [5.41, 5.74) is 2.26. The first-order valence-electron chi connectivity index (χ1n) is 10.9. The molecule has 1 amide bonds. The second-order valence-corrected chi connectivity index (χ2v) is 8.39. The van der Waals surface area contributed by atoms with Crippen LogP contribution in [0.1, 0.15) is 39.9 Å². The second kappa shape index (κ2) is 8.54. The Morgan fingerprint density at radius 1 is 0.818 bits per heavy atom. The lowest BCUT2D eigenvalue weighted by molar-refractivity contribution is -0.151. The third-order valence-electron chi connectivity index (χ3n) is 6.35. The normalized spacial score (nSPS) is 18.5. The van der Waals surface area contributed by atoms with Crippen LogP contribution < -0.4 is 4.90 Å². The number of rotatable bonds is 5. The van der Waals surface area contributed by atoms with Gasteiger partial charge in [-0.05, 0) is 23.6 Å². The van der Waals surface area contributed by atoms with Crippen molar-refractivity contribution in [3.8, 4) is 0 Å². The zero-order valence-corrected chi connectivity index (χ0v) is 18.0. The van der Waals surface area contributed by atoms with Gasteiger partial charge in [0.1, 0.15) is 18.6 Å². The molecule has 0 bridgehead atoms. The highest BCUT2D eigenvalue weighted by Gasteiger charge is 2.55. The van der Waals surface area contributed by atoms with Gasteiger partial charge in [0.05, 0.1) is 5.69 Å². The number of carbonyl (C=O) groups excluding carboxylic acids is 3. The molecule has 3 aromatic rings. The number of ether oxygens (including phenoxy) is 2. The van der Waals surface area contributed by atoms with Crippen LogP contribution in [0.3, 0.4) is 0 Å². The van der Waals surface area contributed by atoms with Crippen LogP contribution in [-0.2, 0) is 32.9 Å². The number of anilines is 1. The average molecular weight is 441 g/mol. The van der Waals surface area contributed by atoms with Gasteiger partial charge in [-0.1, -0.05) is 72.8 Å². The van der Waals surface area contributed by atoms with Gasteiger partial charge in [-0.15, -0.1) is 0 Å². The average Bonchev–Trinajstić information content (AvgIpc) is 3.22. The lowest BCUT2D eigenvalue weighted by atomic mass is 9.71. The van der Waals surface area contributed by atoms with E-state index in [1.54, 1.807) is 18.2 Å². The first-order valence-corrected chi connectivity index (χ1v) is 10.9. The monoisotopic (exact) mass is 441 g/mol. The van der Waals surface area contributed by atoms with Crippen LogP contribution in [0, 0.1) is 0 Å². The summed E-state index contributed by atoms with van der Waals surface area (Å²) >= 11 is 0. The van der Waals surface area contributed by atoms with Gasteiger partial charge < -0.3 is 9.47 Å². The van der Waals surface area contributed by atoms with Crippen LogP contribution in [0.5, 0.6) is 0 Å². The minimum absolute atomic E-state index is 0.0298. The van der Waals surface area contributed by atoms with E-state index in [2.05, 4.69) is 0 Å². The van der Waals surface area contributed by atoms with Crippen molar-refractivity contribution < 1.29 is 23.9 Å². The second-order valence-electron chi connectivity index (χ2n) is 8.39. The number of nitrogens with zero attached hydrogens (tertiary/aromatic N) is 1. The molecular weight excluding hydrogens is 418 g/mol. The lowest BCUT2D eigenvalue weighted by Crippen LogP contribution is -2.46. The molecule has 0 aromatic heterocycles. The van der Waals surface area contributed by atoms with E-state index in [1.807, 2.05) is 60.7 Å². The summed E-state index contributed by atoms with van der Waals surface area (Å²) in [6, 6.07) is 24.1. The number of ketones is 1. The van der Waals surface area contributed by atoms with Gasteiger partial charge in [-0.25, -0.2) is 4.79 Å². The summed E-state index contributed by atoms with van der Waals surface area (Å²) in [6.45, 7) is 0.342. The van der Waals surface area contributed by atoms with Gasteiger partial charge in [0.2, 0.25) is 0 Å². The minimum atomic E-state index is -1.08. The van der Waals surface area contributed by atoms with Gasteiger partial charge in [0, 0.05) is 24.1 Å². The molecule has 166 valence electrons. The Labute approximate surface area is 191 Å². The van der Waals surface area contributed by atoms with Crippen LogP contribution in [-0.4, -0.2) is 24.4 Å². The van der Waals surface area contributed by atoms with Gasteiger partial charge in [-0.2, -0.15) is 0 Å². The van der Waals surface area contributed by atoms with Crippen LogP contribution in [0.15, 0.2) is 78.9 Å². The fourth-order valence-electron chi connectivity index (χ4n) is 4.69. The van der Waals surface area contributed by atoms with E-state index in [1.165, 1.54) is 4.90 Å². The predicted octanol–water partition coefficient (Wildman–Crippen LogP) is 4.80. The fourth-order valence-corrected chi connectivity index (χ4v) is 4.69. The number of esters is 1. The van der Waals surface area contributed by atoms with E-state index >= 15 is 0 Å². The summed E-state index contributed by atoms with van der Waals surface area (Å²) in [5.74, 6) is -0.455. The highest BCUT2D eigenvalue weighted by Crippen LogP contribution is 2.49. The molecule has 1 aliphatic carbocycles. The number of benzene rings is 3. The Kier molecular flexibility index (Phi) is 5.42. The predicted molar refractivity (Wildman–Crippen MR) is 122 cm³/mol. The van der Waals surface area contributed by atoms with Crippen molar-refractivity contribution in [2.24, 2.45) is 0 Å². The standard InChI is InChI=1S/C27H23NO5/c29-23-14-15-27(25(30)32-16-19-8-3-1-4-9-19)18-28(22-13-7-12-21(23)24(22)27)26(31)33-17-20-10-5-2-6-11-20/h1-13H,14-18H2. The van der Waals surface area contributed by atoms with Gasteiger partial charge in [0.25, 0.3) is 0 Å². The number of carbonyl (C=O) groups is 3. The zero-order valence-electron chi connectivity index (χ0n) is 18.0. The van der Waals surface area contributed by atoms with Crippen molar-refractivity contribution in [2.75, 3.05) is 11.4 Å². The van der Waals surface area contributed by atoms with E-state index in [0.29, 0.717) is 23.2 Å². The molecule has 2 aliphatic rings. The van der Waals surface area contributed by atoms with Gasteiger partial charge >= 0.3 is 12.1 Å². The van der Waals surface area contributed by atoms with Gasteiger partial charge in [0.15, 0.2) is 5.78 Å². The maximum absolute atomic E-state index is 13.5. The molecule has 0 saturated carbocycles. The largest absolute Gasteiger partial charge is 0.460 e. The molecule has 33 heavy (non-hydrogen) atoms. The minimum Gasteiger partial charge on any atom is -0.460 e. The molecule has 0 fully saturated rings. The SMILES string of the molecule is O=C1CCC2(C(=O)OCc3ccccc3)CN(C(=O)OCc3ccccc3)c3cccc1c32. The third-order valence-corrected chi connectivity index (χ3v) is 6.35. The molecular formula is C27H23NO5. The molecule has 5 rings (SSSR count). The van der Waals surface area contributed by atoms with E-state index in [-0.39, 0.29) is 32.0 Å². The summed E-state index contributed by atoms with van der Waals surface area (Å²) in [6.07, 6.45) is -0.0280. The third kappa shape index (κ3) is 3.78. The van der Waals surface area contributed by atoms with E-state index < -0.39 is 17.5 Å². The van der Waals surface area contributed by atoms with Gasteiger partial charge in [-0.3, -0.25) is 14.5 Å². The lowest BCUT2D eigenvalue weighted by Gasteiger charge is -2.32. The number of hydrogen-bond donors (Lipinski definition) is 0. The van der Waals surface area contributed by atoms with Crippen molar-refractivity contribution in [2.45, 2.75) is 31.5 Å². The molecule has 0 saturated heterocycles. The van der Waals surface area contributed by atoms with Crippen LogP contribution in [0.4, 0.5) is 10.5 Å². The first kappa shape index (κ1) is 20.9. The summed E-state index contributed by atoms with van der Waals surface area (Å²) in [5, 5.41) is 0. The maximum Gasteiger partial charge on any atom is 0.414 e. The fraction of sp³-hybridized carbons (Fsp3) is 0.222. The molecule has 1 aliphatic heterocycles. The molecule has 6 nitrogen and oxygen atoms in total. The summed E-state index contributed by atoms with van der Waals surface area (Å²) < 4.78 is 11.3. The number of hydrogen-bond acceptors (Lipinski definition) is 5. The summed E-state index contributed by atoms with van der Waals surface area (Å²) in [7, 11) is 0. The molecule has 1 unspecified atom stereocenters. The molecule has 0 spiro atoms. The van der Waals surface area contributed by atoms with Crippen molar-refractivity contribution in [3.05, 3.63) is 101 Å². The quantitative estimate of drug-likeness (QED) is 0.532. The van der Waals surface area contributed by atoms with E-state index in [0.717, 1.165) is 11.1 Å². The molecule has 0 N–H and O–H groups in total. The molecule has 6 heteroatoms. The van der Waals surface area contributed by atoms with Crippen LogP contribution in [0.2, 0.25) is 0 Å². The Balaban J connectivity index is 1.43. The molecule has 1 heterocycles. The first-order chi connectivity index (χ1) is 16.1. The summed E-state index contributed by atoms with van der Waals surface area (Å²) in [4.78, 5) is 40.6.